The van der Waals surface area contributed by atoms with Gasteiger partial charge in [0.1, 0.15) is 11.4 Å². The summed E-state index contributed by atoms with van der Waals surface area (Å²) in [7, 11) is 0. The Morgan fingerprint density at radius 2 is 2.17 bits per heavy atom. The predicted octanol–water partition coefficient (Wildman–Crippen LogP) is 4.31. The third kappa shape index (κ3) is 3.41. The highest BCUT2D eigenvalue weighted by Gasteiger charge is 2.45. The van der Waals surface area contributed by atoms with Crippen molar-refractivity contribution in [3.8, 4) is 0 Å². The summed E-state index contributed by atoms with van der Waals surface area (Å²) in [6.45, 7) is 3.42. The van der Waals surface area contributed by atoms with Gasteiger partial charge in [0.2, 0.25) is 0 Å². The number of thiophene rings is 1. The lowest BCUT2D eigenvalue weighted by Gasteiger charge is -2.47. The van der Waals surface area contributed by atoms with E-state index in [1.54, 1.807) is 6.20 Å². The molecule has 1 saturated carbocycles. The van der Waals surface area contributed by atoms with Crippen molar-refractivity contribution in [3.63, 3.8) is 0 Å². The van der Waals surface area contributed by atoms with E-state index in [1.807, 2.05) is 35.4 Å². The molecule has 6 nitrogen and oxygen atoms in total. The molecule has 0 unspecified atom stereocenters. The Labute approximate surface area is 175 Å². The average Bonchev–Trinajstić information content (AvgIpc) is 3.40. The first-order chi connectivity index (χ1) is 14.1. The van der Waals surface area contributed by atoms with Crippen LogP contribution >= 0.6 is 11.3 Å². The Morgan fingerprint density at radius 3 is 2.97 bits per heavy atom. The monoisotopic (exact) mass is 409 g/mol. The summed E-state index contributed by atoms with van der Waals surface area (Å²) in [4.78, 5) is 25.7. The van der Waals surface area contributed by atoms with Crippen LogP contribution in [0.25, 0.3) is 0 Å². The van der Waals surface area contributed by atoms with E-state index < -0.39 is 0 Å². The second-order valence-electron chi connectivity index (χ2n) is 8.41. The molecule has 2 aromatic heterocycles. The van der Waals surface area contributed by atoms with Crippen LogP contribution in [0.15, 0.2) is 34.8 Å². The maximum absolute atomic E-state index is 13.2. The van der Waals surface area contributed by atoms with Crippen LogP contribution < -0.4 is 10.6 Å². The van der Waals surface area contributed by atoms with Crippen molar-refractivity contribution in [1.82, 2.24) is 9.88 Å². The molecule has 152 valence electrons. The molecule has 4 heterocycles. The number of likely N-dealkylation sites (tertiary alicyclic amines) is 1. The fourth-order valence-electron chi connectivity index (χ4n) is 4.79. The van der Waals surface area contributed by atoms with Crippen molar-refractivity contribution in [1.29, 1.82) is 0 Å². The molecule has 3 aliphatic rings. The number of anilines is 2. The fraction of sp³-hybridized carbons (Fsp3) is 0.500. The first-order valence-electron chi connectivity index (χ1n) is 10.6. The average molecular weight is 410 g/mol. The number of aryl methyl sites for hydroxylation is 1. The van der Waals surface area contributed by atoms with E-state index in [0.717, 1.165) is 60.0 Å². The van der Waals surface area contributed by atoms with Gasteiger partial charge in [-0.2, -0.15) is 0 Å². The molecule has 0 bridgehead atoms. The number of aromatic nitrogens is 1. The van der Waals surface area contributed by atoms with Crippen LogP contribution in [0.5, 0.6) is 0 Å². The molecule has 5 rings (SSSR count). The molecule has 1 amide bonds. The molecule has 2 aromatic rings. The summed E-state index contributed by atoms with van der Waals surface area (Å²) in [5.74, 6) is 1.92. The van der Waals surface area contributed by atoms with Crippen molar-refractivity contribution in [2.45, 2.75) is 57.0 Å². The van der Waals surface area contributed by atoms with Gasteiger partial charge in [-0.1, -0.05) is 12.8 Å². The first-order valence-corrected chi connectivity index (χ1v) is 11.4. The van der Waals surface area contributed by atoms with Crippen molar-refractivity contribution >= 4 is 34.6 Å². The summed E-state index contributed by atoms with van der Waals surface area (Å²) in [6, 6.07) is 6.38. The highest BCUT2D eigenvalue weighted by atomic mass is 32.1. The van der Waals surface area contributed by atoms with Crippen LogP contribution in [-0.4, -0.2) is 46.3 Å². The number of carbonyl (C=O) groups excluding carboxylic acids is 1. The lowest BCUT2D eigenvalue weighted by molar-refractivity contribution is 0.0698. The maximum atomic E-state index is 13.2. The third-order valence-corrected chi connectivity index (χ3v) is 7.35. The number of nitrogens with one attached hydrogen (secondary N) is 2. The Balaban J connectivity index is 1.49. The van der Waals surface area contributed by atoms with Gasteiger partial charge in [-0.25, -0.2) is 4.98 Å². The second-order valence-corrected chi connectivity index (χ2v) is 9.33. The van der Waals surface area contributed by atoms with E-state index in [1.165, 1.54) is 24.2 Å². The van der Waals surface area contributed by atoms with Crippen LogP contribution in [-0.2, 0) is 0 Å². The van der Waals surface area contributed by atoms with Crippen LogP contribution in [0.4, 0.5) is 11.5 Å². The highest BCUT2D eigenvalue weighted by molar-refractivity contribution is 7.12. The Bertz CT molecular complexity index is 948. The number of hydrogen-bond donors (Lipinski definition) is 2. The van der Waals surface area contributed by atoms with E-state index in [0.29, 0.717) is 12.6 Å². The minimum absolute atomic E-state index is 0.135. The standard InChI is InChI=1S/C22H27N5OS/c1-15-9-13-29-18(15)20(28)27-12-5-10-22(14-27)21(24-16-6-2-3-7-16)25-19-17(26-22)8-4-11-23-19/h4,8-9,11,13,16,26H,2-3,5-7,10,12,14H2,1H3,(H,23,24,25)/t22-/m1/s1. The number of hydrogen-bond acceptors (Lipinski definition) is 5. The first kappa shape index (κ1) is 18.6. The maximum Gasteiger partial charge on any atom is 0.264 e. The molecule has 0 aromatic carbocycles. The molecule has 0 radical (unpaired) electrons. The topological polar surface area (TPSA) is 69.6 Å². The zero-order valence-corrected chi connectivity index (χ0v) is 17.6. The molecular weight excluding hydrogens is 382 g/mol. The molecule has 2 fully saturated rings. The fourth-order valence-corrected chi connectivity index (χ4v) is 5.68. The van der Waals surface area contributed by atoms with Crippen molar-refractivity contribution in [2.24, 2.45) is 4.99 Å². The molecular formula is C22H27N5OS. The summed E-state index contributed by atoms with van der Waals surface area (Å²) in [5, 5.41) is 9.26. The van der Waals surface area contributed by atoms with E-state index in [-0.39, 0.29) is 11.4 Å². The minimum Gasteiger partial charge on any atom is -0.368 e. The molecule has 1 spiro atoms. The number of carbonyl (C=O) groups is 1. The van der Waals surface area contributed by atoms with Gasteiger partial charge >= 0.3 is 0 Å². The summed E-state index contributed by atoms with van der Waals surface area (Å²) in [6.07, 6.45) is 8.49. The van der Waals surface area contributed by atoms with Crippen molar-refractivity contribution in [2.75, 3.05) is 23.7 Å². The Kier molecular flexibility index (Phi) is 4.78. The van der Waals surface area contributed by atoms with E-state index in [4.69, 9.17) is 4.99 Å². The number of piperidine rings is 1. The van der Waals surface area contributed by atoms with Gasteiger partial charge in [0.05, 0.1) is 23.2 Å². The molecule has 7 heteroatoms. The van der Waals surface area contributed by atoms with Gasteiger partial charge in [0, 0.05) is 12.7 Å². The molecule has 29 heavy (non-hydrogen) atoms. The minimum atomic E-state index is -0.377. The molecule has 2 N–H and O–H groups in total. The van der Waals surface area contributed by atoms with Gasteiger partial charge in [-0.3, -0.25) is 9.79 Å². The zero-order valence-electron chi connectivity index (χ0n) is 16.8. The van der Waals surface area contributed by atoms with E-state index in [9.17, 15) is 4.79 Å². The molecule has 1 atom stereocenters. The van der Waals surface area contributed by atoms with Gasteiger partial charge in [0.15, 0.2) is 5.82 Å². The molecule has 1 aliphatic carbocycles. The van der Waals surface area contributed by atoms with Crippen molar-refractivity contribution < 1.29 is 4.79 Å². The number of amides is 1. The van der Waals surface area contributed by atoms with Crippen LogP contribution in [0, 0.1) is 6.92 Å². The van der Waals surface area contributed by atoms with E-state index >= 15 is 0 Å². The molecule has 2 aliphatic heterocycles. The Morgan fingerprint density at radius 1 is 1.31 bits per heavy atom. The van der Waals surface area contributed by atoms with Crippen molar-refractivity contribution in [3.05, 3.63) is 40.2 Å². The SMILES string of the molecule is Cc1ccsc1C(=O)N1CCC[C@]2(C1)Nc1cccnc1NC2=NC1CCCC1. The van der Waals surface area contributed by atoms with E-state index in [2.05, 4.69) is 15.6 Å². The van der Waals surface area contributed by atoms with Crippen LogP contribution in [0.1, 0.15) is 53.8 Å². The van der Waals surface area contributed by atoms with Gasteiger partial charge < -0.3 is 15.5 Å². The van der Waals surface area contributed by atoms with Crippen LogP contribution in [0.3, 0.4) is 0 Å². The molecule has 1 saturated heterocycles. The quantitative estimate of drug-likeness (QED) is 0.776. The number of pyridine rings is 1. The number of amidine groups is 1. The lowest BCUT2D eigenvalue weighted by Crippen LogP contribution is -2.62. The van der Waals surface area contributed by atoms with Gasteiger partial charge in [0.25, 0.3) is 5.91 Å². The Hall–Kier alpha value is -2.41. The zero-order chi connectivity index (χ0) is 19.8. The summed E-state index contributed by atoms with van der Waals surface area (Å²) >= 11 is 1.53. The summed E-state index contributed by atoms with van der Waals surface area (Å²) in [5.41, 5.74) is 1.67. The summed E-state index contributed by atoms with van der Waals surface area (Å²) < 4.78 is 0. The van der Waals surface area contributed by atoms with Crippen LogP contribution in [0.2, 0.25) is 0 Å². The highest BCUT2D eigenvalue weighted by Crippen LogP contribution is 2.37. The van der Waals surface area contributed by atoms with Gasteiger partial charge in [-0.15, -0.1) is 11.3 Å². The van der Waals surface area contributed by atoms with Gasteiger partial charge in [-0.05, 0) is 61.7 Å². The smallest absolute Gasteiger partial charge is 0.264 e. The second kappa shape index (κ2) is 7.44. The lowest BCUT2D eigenvalue weighted by atomic mass is 9.85. The predicted molar refractivity (Wildman–Crippen MR) is 118 cm³/mol. The number of aliphatic imine (C=N–C) groups is 1. The largest absolute Gasteiger partial charge is 0.368 e. The normalized spacial score (nSPS) is 25.7. The number of rotatable bonds is 2. The third-order valence-electron chi connectivity index (χ3n) is 6.34. The number of nitrogens with zero attached hydrogens (tertiary/aromatic N) is 3. The number of fused-ring (bicyclic) bond motifs is 1.